The van der Waals surface area contributed by atoms with E-state index in [1.165, 1.54) is 10.3 Å². The molecule has 2 heterocycles. The first-order valence-electron chi connectivity index (χ1n) is 6.29. The Kier molecular flexibility index (Phi) is 3.25. The third-order valence-corrected chi connectivity index (χ3v) is 3.86. The molecular formula is C15H15N3S. The second kappa shape index (κ2) is 5.05. The fourth-order valence-corrected chi connectivity index (χ4v) is 2.94. The lowest BCUT2D eigenvalue weighted by molar-refractivity contribution is 0.889. The summed E-state index contributed by atoms with van der Waals surface area (Å²) in [4.78, 5) is 5.42. The number of nitrogens with zero attached hydrogens (tertiary/aromatic N) is 3. The summed E-state index contributed by atoms with van der Waals surface area (Å²) in [6, 6.07) is 10.2. The molecule has 19 heavy (non-hydrogen) atoms. The molecule has 0 aliphatic rings. The van der Waals surface area contributed by atoms with Crippen LogP contribution in [0.15, 0.2) is 53.8 Å². The van der Waals surface area contributed by atoms with Crippen LogP contribution in [0.2, 0.25) is 0 Å². The fraction of sp³-hybridized carbons (Fsp3) is 0.200. The second-order valence-corrected chi connectivity index (χ2v) is 6.26. The molecule has 0 bridgehead atoms. The molecule has 0 saturated carbocycles. The molecule has 0 N–H and O–H groups in total. The Hall–Kier alpha value is -1.81. The molecule has 4 heteroatoms. The number of hydrogen-bond donors (Lipinski definition) is 0. The van der Waals surface area contributed by atoms with Gasteiger partial charge in [-0.25, -0.2) is 4.68 Å². The molecule has 0 saturated heterocycles. The lowest BCUT2D eigenvalue weighted by Crippen LogP contribution is -1.93. The third-order valence-electron chi connectivity index (χ3n) is 2.78. The summed E-state index contributed by atoms with van der Waals surface area (Å²) in [7, 11) is 0. The van der Waals surface area contributed by atoms with Gasteiger partial charge in [-0.1, -0.05) is 19.9 Å². The van der Waals surface area contributed by atoms with Crippen molar-refractivity contribution < 1.29 is 0 Å². The van der Waals surface area contributed by atoms with E-state index in [9.17, 15) is 0 Å². The van der Waals surface area contributed by atoms with Crippen molar-refractivity contribution in [3.05, 3.63) is 48.9 Å². The monoisotopic (exact) mass is 269 g/mol. The van der Waals surface area contributed by atoms with Crippen LogP contribution in [0.5, 0.6) is 0 Å². The van der Waals surface area contributed by atoms with Gasteiger partial charge in [0.1, 0.15) is 0 Å². The standard InChI is InChI=1S/C15H15N3S/c1-11(2)19-15-7-3-6-14-13(15)10-18(17-14)12-5-4-8-16-9-12/h3-11H,1-2H3. The van der Waals surface area contributed by atoms with Crippen LogP contribution in [0.25, 0.3) is 16.6 Å². The first kappa shape index (κ1) is 12.2. The van der Waals surface area contributed by atoms with E-state index in [0.29, 0.717) is 5.25 Å². The maximum atomic E-state index is 4.61. The van der Waals surface area contributed by atoms with E-state index in [1.807, 2.05) is 40.8 Å². The predicted molar refractivity (Wildman–Crippen MR) is 79.9 cm³/mol. The van der Waals surface area contributed by atoms with E-state index in [4.69, 9.17) is 0 Å². The van der Waals surface area contributed by atoms with Gasteiger partial charge in [0.2, 0.25) is 0 Å². The van der Waals surface area contributed by atoms with Crippen LogP contribution in [-0.2, 0) is 0 Å². The molecule has 0 unspecified atom stereocenters. The zero-order chi connectivity index (χ0) is 13.2. The number of benzene rings is 1. The van der Waals surface area contributed by atoms with Gasteiger partial charge in [0.05, 0.1) is 17.4 Å². The molecule has 0 atom stereocenters. The number of rotatable bonds is 3. The highest BCUT2D eigenvalue weighted by atomic mass is 32.2. The zero-order valence-corrected chi connectivity index (χ0v) is 11.8. The SMILES string of the molecule is CC(C)Sc1cccc2nn(-c3cccnc3)cc12. The first-order valence-corrected chi connectivity index (χ1v) is 7.17. The molecule has 0 spiro atoms. The van der Waals surface area contributed by atoms with Gasteiger partial charge in [-0.2, -0.15) is 5.10 Å². The van der Waals surface area contributed by atoms with E-state index in [-0.39, 0.29) is 0 Å². The topological polar surface area (TPSA) is 30.7 Å². The molecule has 0 fully saturated rings. The Bertz CT molecular complexity index is 689. The minimum atomic E-state index is 0.562. The summed E-state index contributed by atoms with van der Waals surface area (Å²) < 4.78 is 1.89. The average molecular weight is 269 g/mol. The quantitative estimate of drug-likeness (QED) is 0.675. The molecule has 3 rings (SSSR count). The largest absolute Gasteiger partial charge is 0.262 e. The Morgan fingerprint density at radius 1 is 1.16 bits per heavy atom. The van der Waals surface area contributed by atoms with Crippen molar-refractivity contribution >= 4 is 22.7 Å². The molecule has 96 valence electrons. The van der Waals surface area contributed by atoms with Crippen molar-refractivity contribution in [2.24, 2.45) is 0 Å². The minimum Gasteiger partial charge on any atom is -0.262 e. The molecule has 3 nitrogen and oxygen atoms in total. The van der Waals surface area contributed by atoms with Crippen LogP contribution >= 0.6 is 11.8 Å². The van der Waals surface area contributed by atoms with Crippen molar-refractivity contribution in [2.45, 2.75) is 24.0 Å². The van der Waals surface area contributed by atoms with Crippen LogP contribution in [0.3, 0.4) is 0 Å². The number of hydrogen-bond acceptors (Lipinski definition) is 3. The van der Waals surface area contributed by atoms with Gasteiger partial charge in [-0.05, 0) is 24.3 Å². The smallest absolute Gasteiger partial charge is 0.0939 e. The normalized spacial score (nSPS) is 11.3. The van der Waals surface area contributed by atoms with Crippen molar-refractivity contribution in [1.29, 1.82) is 0 Å². The number of pyridine rings is 1. The summed E-state index contributed by atoms with van der Waals surface area (Å²) in [5.74, 6) is 0. The van der Waals surface area contributed by atoms with Crippen molar-refractivity contribution in [2.75, 3.05) is 0 Å². The Balaban J connectivity index is 2.11. The molecular weight excluding hydrogens is 254 g/mol. The highest BCUT2D eigenvalue weighted by Crippen LogP contribution is 2.30. The van der Waals surface area contributed by atoms with Gasteiger partial charge < -0.3 is 0 Å². The molecule has 0 aliphatic carbocycles. The predicted octanol–water partition coefficient (Wildman–Crippen LogP) is 3.92. The summed E-state index contributed by atoms with van der Waals surface area (Å²) in [6.07, 6.45) is 5.67. The minimum absolute atomic E-state index is 0.562. The number of aromatic nitrogens is 3. The summed E-state index contributed by atoms with van der Waals surface area (Å²) in [6.45, 7) is 4.41. The maximum Gasteiger partial charge on any atom is 0.0939 e. The van der Waals surface area contributed by atoms with Gasteiger partial charge in [0, 0.05) is 27.9 Å². The fourth-order valence-electron chi connectivity index (χ4n) is 1.99. The van der Waals surface area contributed by atoms with Gasteiger partial charge in [0.25, 0.3) is 0 Å². The highest BCUT2D eigenvalue weighted by Gasteiger charge is 2.08. The second-order valence-electron chi connectivity index (χ2n) is 4.64. The maximum absolute atomic E-state index is 4.61. The molecule has 1 aromatic carbocycles. The highest BCUT2D eigenvalue weighted by molar-refractivity contribution is 8.00. The van der Waals surface area contributed by atoms with Crippen LogP contribution in [0.4, 0.5) is 0 Å². The number of thioether (sulfide) groups is 1. The molecule has 0 radical (unpaired) electrons. The van der Waals surface area contributed by atoms with Crippen molar-refractivity contribution in [3.63, 3.8) is 0 Å². The first-order chi connectivity index (χ1) is 9.24. The van der Waals surface area contributed by atoms with Gasteiger partial charge >= 0.3 is 0 Å². The van der Waals surface area contributed by atoms with E-state index in [2.05, 4.69) is 42.3 Å². The third kappa shape index (κ3) is 2.49. The van der Waals surface area contributed by atoms with Crippen molar-refractivity contribution in [3.8, 4) is 5.69 Å². The van der Waals surface area contributed by atoms with E-state index < -0.39 is 0 Å². The van der Waals surface area contributed by atoms with Crippen LogP contribution in [0.1, 0.15) is 13.8 Å². The van der Waals surface area contributed by atoms with Crippen LogP contribution < -0.4 is 0 Å². The Morgan fingerprint density at radius 3 is 2.79 bits per heavy atom. The Labute approximate surface area is 116 Å². The van der Waals surface area contributed by atoms with Gasteiger partial charge in [0.15, 0.2) is 0 Å². The van der Waals surface area contributed by atoms with Crippen LogP contribution in [-0.4, -0.2) is 20.0 Å². The zero-order valence-electron chi connectivity index (χ0n) is 10.9. The van der Waals surface area contributed by atoms with Gasteiger partial charge in [-0.15, -0.1) is 11.8 Å². The summed E-state index contributed by atoms with van der Waals surface area (Å²) >= 11 is 1.87. The lowest BCUT2D eigenvalue weighted by atomic mass is 10.3. The Morgan fingerprint density at radius 2 is 2.05 bits per heavy atom. The van der Waals surface area contributed by atoms with E-state index >= 15 is 0 Å². The summed E-state index contributed by atoms with van der Waals surface area (Å²) in [5, 5.41) is 6.38. The van der Waals surface area contributed by atoms with Crippen LogP contribution in [0, 0.1) is 0 Å². The van der Waals surface area contributed by atoms with Gasteiger partial charge in [-0.3, -0.25) is 4.98 Å². The van der Waals surface area contributed by atoms with E-state index in [1.54, 1.807) is 6.20 Å². The average Bonchev–Trinajstić information content (AvgIpc) is 2.84. The lowest BCUT2D eigenvalue weighted by Gasteiger charge is -2.04. The molecule has 2 aromatic heterocycles. The molecule has 0 amide bonds. The molecule has 3 aromatic rings. The van der Waals surface area contributed by atoms with E-state index in [0.717, 1.165) is 11.2 Å². The summed E-state index contributed by atoms with van der Waals surface area (Å²) in [5.41, 5.74) is 2.01. The molecule has 0 aliphatic heterocycles. The number of fused-ring (bicyclic) bond motifs is 1. The van der Waals surface area contributed by atoms with Crippen molar-refractivity contribution in [1.82, 2.24) is 14.8 Å².